The van der Waals surface area contributed by atoms with Crippen LogP contribution in [0.5, 0.6) is 0 Å². The van der Waals surface area contributed by atoms with E-state index in [0.29, 0.717) is 0 Å². The van der Waals surface area contributed by atoms with E-state index < -0.39 is 0 Å². The summed E-state index contributed by atoms with van der Waals surface area (Å²) in [5.41, 5.74) is 3.47. The van der Waals surface area contributed by atoms with Crippen LogP contribution in [-0.2, 0) is 0 Å². The Bertz CT molecular complexity index is 77.3. The van der Waals surface area contributed by atoms with Crippen LogP contribution in [0.15, 0.2) is 0 Å². The second-order valence-electron chi connectivity index (χ2n) is 3.09. The summed E-state index contributed by atoms with van der Waals surface area (Å²) < 4.78 is 0. The van der Waals surface area contributed by atoms with Crippen molar-refractivity contribution in [1.82, 2.24) is 5.43 Å². The minimum Gasteiger partial charge on any atom is -0.257 e. The fraction of sp³-hybridized carbons (Fsp3) is 1.00. The molecule has 1 atom stereocenters. The third-order valence-electron chi connectivity index (χ3n) is 2.11. The Kier molecular flexibility index (Phi) is 3.76. The Morgan fingerprint density at radius 3 is 2.90 bits per heavy atom. The maximum Gasteiger partial charge on any atom is 0.0946 e. The van der Waals surface area contributed by atoms with Gasteiger partial charge in [-0.1, -0.05) is 13.3 Å². The van der Waals surface area contributed by atoms with Crippen molar-refractivity contribution in [3.05, 3.63) is 0 Å². The molecule has 0 aromatic carbocycles. The molecule has 1 aliphatic heterocycles. The van der Waals surface area contributed by atoms with Gasteiger partial charge in [-0.05, 0) is 19.3 Å². The zero-order chi connectivity index (χ0) is 7.23. The third kappa shape index (κ3) is 2.67. The summed E-state index contributed by atoms with van der Waals surface area (Å²) in [5, 5.41) is 1.60. The lowest BCUT2D eigenvalue weighted by molar-refractivity contribution is -0.950. The van der Waals surface area contributed by atoms with Gasteiger partial charge in [0.1, 0.15) is 0 Å². The van der Waals surface area contributed by atoms with Crippen LogP contribution in [0.3, 0.4) is 0 Å². The van der Waals surface area contributed by atoms with Crippen LogP contribution in [0.25, 0.3) is 0 Å². The van der Waals surface area contributed by atoms with Gasteiger partial charge in [-0.25, -0.2) is 0 Å². The van der Waals surface area contributed by atoms with E-state index >= 15 is 0 Å². The fourth-order valence-corrected chi connectivity index (χ4v) is 1.42. The summed E-state index contributed by atoms with van der Waals surface area (Å²) in [5.74, 6) is 0. The maximum atomic E-state index is 3.47. The molecule has 1 unspecified atom stereocenters. The van der Waals surface area contributed by atoms with Gasteiger partial charge in [0, 0.05) is 6.54 Å². The quantitative estimate of drug-likeness (QED) is 0.567. The van der Waals surface area contributed by atoms with E-state index in [1.807, 2.05) is 0 Å². The van der Waals surface area contributed by atoms with Gasteiger partial charge in [-0.15, -0.1) is 0 Å². The molecule has 0 spiro atoms. The Labute approximate surface area is 63.6 Å². The van der Waals surface area contributed by atoms with E-state index in [-0.39, 0.29) is 0 Å². The van der Waals surface area contributed by atoms with Gasteiger partial charge >= 0.3 is 0 Å². The number of hydrogen-bond donors (Lipinski definition) is 2. The number of quaternary nitrogens is 1. The Morgan fingerprint density at radius 2 is 2.30 bits per heavy atom. The van der Waals surface area contributed by atoms with Crippen molar-refractivity contribution in [2.75, 3.05) is 19.6 Å². The van der Waals surface area contributed by atoms with Crippen molar-refractivity contribution in [1.29, 1.82) is 0 Å². The lowest BCUT2D eigenvalue weighted by Gasteiger charge is -2.23. The van der Waals surface area contributed by atoms with E-state index in [0.717, 1.165) is 0 Å². The molecule has 0 aromatic rings. The van der Waals surface area contributed by atoms with Gasteiger partial charge in [0.05, 0.1) is 13.1 Å². The van der Waals surface area contributed by atoms with Gasteiger partial charge in [-0.2, -0.15) is 5.43 Å². The maximum absolute atomic E-state index is 3.47. The van der Waals surface area contributed by atoms with E-state index in [1.54, 1.807) is 5.01 Å². The predicted molar refractivity (Wildman–Crippen MR) is 42.8 cm³/mol. The molecule has 1 aliphatic rings. The third-order valence-corrected chi connectivity index (χ3v) is 2.11. The average molecular weight is 143 g/mol. The summed E-state index contributed by atoms with van der Waals surface area (Å²) in [7, 11) is 0. The zero-order valence-electron chi connectivity index (χ0n) is 6.95. The molecule has 2 heteroatoms. The normalized spacial score (nSPS) is 26.7. The molecule has 1 fully saturated rings. The van der Waals surface area contributed by atoms with Crippen LogP contribution in [0.4, 0.5) is 0 Å². The molecule has 0 amide bonds. The fourth-order valence-electron chi connectivity index (χ4n) is 1.42. The minimum atomic E-state index is 1.22. The number of nitrogens with one attached hydrogen (secondary N) is 2. The summed E-state index contributed by atoms with van der Waals surface area (Å²) in [6.45, 7) is 6.12. The van der Waals surface area contributed by atoms with Crippen LogP contribution in [-0.4, -0.2) is 19.6 Å². The van der Waals surface area contributed by atoms with Crippen molar-refractivity contribution >= 4 is 0 Å². The van der Waals surface area contributed by atoms with Crippen LogP contribution in [0.1, 0.15) is 32.6 Å². The van der Waals surface area contributed by atoms with E-state index in [2.05, 4.69) is 12.3 Å². The van der Waals surface area contributed by atoms with Gasteiger partial charge in [-0.3, -0.25) is 5.01 Å². The molecule has 10 heavy (non-hydrogen) atoms. The van der Waals surface area contributed by atoms with Gasteiger partial charge in [0.15, 0.2) is 0 Å². The van der Waals surface area contributed by atoms with Crippen LogP contribution in [0.2, 0.25) is 0 Å². The molecule has 0 aromatic heterocycles. The summed E-state index contributed by atoms with van der Waals surface area (Å²) in [6.07, 6.45) is 5.47. The molecule has 0 aliphatic carbocycles. The Balaban J connectivity index is 2.02. The highest BCUT2D eigenvalue weighted by Gasteiger charge is 2.10. The molecule has 1 heterocycles. The smallest absolute Gasteiger partial charge is 0.0946 e. The highest BCUT2D eigenvalue weighted by molar-refractivity contribution is 4.43. The van der Waals surface area contributed by atoms with Crippen LogP contribution in [0, 0.1) is 0 Å². The van der Waals surface area contributed by atoms with Gasteiger partial charge < -0.3 is 0 Å². The highest BCUT2D eigenvalue weighted by Crippen LogP contribution is 1.86. The zero-order valence-corrected chi connectivity index (χ0v) is 6.95. The Morgan fingerprint density at radius 1 is 1.40 bits per heavy atom. The number of rotatable bonds is 3. The number of unbranched alkanes of at least 4 members (excludes halogenated alkanes) is 1. The van der Waals surface area contributed by atoms with Gasteiger partial charge in [0.25, 0.3) is 0 Å². The standard InChI is InChI=1S/C8H18N2/c1-2-3-7-10-8-5-4-6-9-10/h9H,2-8H2,1H3/p+1. The molecule has 0 radical (unpaired) electrons. The molecule has 1 rings (SSSR count). The van der Waals surface area contributed by atoms with Gasteiger partial charge in [0.2, 0.25) is 0 Å². The monoisotopic (exact) mass is 143 g/mol. The highest BCUT2D eigenvalue weighted by atomic mass is 15.5. The van der Waals surface area contributed by atoms with Crippen molar-refractivity contribution in [2.24, 2.45) is 0 Å². The Hall–Kier alpha value is -0.0800. The van der Waals surface area contributed by atoms with Crippen molar-refractivity contribution in [3.8, 4) is 0 Å². The van der Waals surface area contributed by atoms with E-state index in [1.165, 1.54) is 45.3 Å². The minimum absolute atomic E-state index is 1.22. The molecular formula is C8H19N2+. The summed E-state index contributed by atoms with van der Waals surface area (Å²) in [4.78, 5) is 0. The van der Waals surface area contributed by atoms with Crippen molar-refractivity contribution in [2.45, 2.75) is 32.6 Å². The summed E-state index contributed by atoms with van der Waals surface area (Å²) >= 11 is 0. The van der Waals surface area contributed by atoms with Crippen LogP contribution >= 0.6 is 0 Å². The molecule has 2 N–H and O–H groups in total. The lowest BCUT2D eigenvalue weighted by Crippen LogP contribution is -3.19. The lowest BCUT2D eigenvalue weighted by atomic mass is 10.2. The molecule has 0 bridgehead atoms. The average Bonchev–Trinajstić information content (AvgIpc) is 2.03. The van der Waals surface area contributed by atoms with Crippen molar-refractivity contribution < 1.29 is 5.01 Å². The molecular weight excluding hydrogens is 124 g/mol. The second kappa shape index (κ2) is 4.69. The first kappa shape index (κ1) is 8.02. The van der Waals surface area contributed by atoms with Crippen molar-refractivity contribution in [3.63, 3.8) is 0 Å². The second-order valence-corrected chi connectivity index (χ2v) is 3.09. The molecule has 2 nitrogen and oxygen atoms in total. The molecule has 1 saturated heterocycles. The first-order valence-corrected chi connectivity index (χ1v) is 4.52. The SMILES string of the molecule is CCCC[NH+]1CCCCN1. The van der Waals surface area contributed by atoms with Crippen LogP contribution < -0.4 is 10.4 Å². The topological polar surface area (TPSA) is 16.5 Å². The predicted octanol–water partition coefficient (Wildman–Crippen LogP) is -0.0302. The first-order chi connectivity index (χ1) is 4.93. The van der Waals surface area contributed by atoms with E-state index in [4.69, 9.17) is 0 Å². The molecule has 60 valence electrons. The molecule has 0 saturated carbocycles. The largest absolute Gasteiger partial charge is 0.257 e. The van der Waals surface area contributed by atoms with E-state index in [9.17, 15) is 0 Å². The number of hydrogen-bond acceptors (Lipinski definition) is 1. The first-order valence-electron chi connectivity index (χ1n) is 4.52. The summed E-state index contributed by atoms with van der Waals surface area (Å²) in [6, 6.07) is 0.